The number of hydrogen-bond donors (Lipinski definition) is 1. The van der Waals surface area contributed by atoms with Crippen LogP contribution in [0.1, 0.15) is 41.9 Å². The molecule has 0 bridgehead atoms. The smallest absolute Gasteiger partial charge is 0.276 e. The number of nitrogens with zero attached hydrogens (tertiary/aromatic N) is 2. The summed E-state index contributed by atoms with van der Waals surface area (Å²) in [5.41, 5.74) is 0.0981. The van der Waals surface area contributed by atoms with Gasteiger partial charge in [-0.05, 0) is 32.6 Å². The minimum absolute atomic E-state index is 0.104. The maximum Gasteiger partial charge on any atom is 0.276 e. The van der Waals surface area contributed by atoms with E-state index in [9.17, 15) is 9.59 Å². The Morgan fingerprint density at radius 2 is 2.15 bits per heavy atom. The third-order valence-corrected chi connectivity index (χ3v) is 4.45. The molecule has 20 heavy (non-hydrogen) atoms. The fraction of sp³-hybridized carbons (Fsp3) is 0.643. The normalized spacial score (nSPS) is 21.9. The predicted octanol–water partition coefficient (Wildman–Crippen LogP) is 1.12. The van der Waals surface area contributed by atoms with Crippen molar-refractivity contribution in [1.29, 1.82) is 0 Å². The molecule has 6 nitrogen and oxygen atoms in total. The zero-order valence-electron chi connectivity index (χ0n) is 11.6. The molecular weight excluding hydrogens is 258 g/mol. The quantitative estimate of drug-likeness (QED) is 0.834. The first-order chi connectivity index (χ1) is 9.61. The molecule has 2 aliphatic rings. The van der Waals surface area contributed by atoms with E-state index in [2.05, 4.69) is 10.5 Å². The minimum atomic E-state index is -0.255. The van der Waals surface area contributed by atoms with Crippen LogP contribution >= 0.6 is 0 Å². The summed E-state index contributed by atoms with van der Waals surface area (Å²) in [5, 5.41) is 6.72. The van der Waals surface area contributed by atoms with Gasteiger partial charge in [-0.2, -0.15) is 0 Å². The maximum absolute atomic E-state index is 12.3. The van der Waals surface area contributed by atoms with Gasteiger partial charge in [0.1, 0.15) is 5.76 Å². The highest BCUT2D eigenvalue weighted by Crippen LogP contribution is 2.38. The molecule has 0 radical (unpaired) electrons. The average Bonchev–Trinajstić information content (AvgIpc) is 2.89. The van der Waals surface area contributed by atoms with Gasteiger partial charge in [0.25, 0.3) is 5.91 Å². The minimum Gasteiger partial charge on any atom is -0.361 e. The molecule has 0 unspecified atom stereocenters. The van der Waals surface area contributed by atoms with Crippen molar-refractivity contribution in [1.82, 2.24) is 15.4 Å². The number of aromatic nitrogens is 1. The van der Waals surface area contributed by atoms with E-state index in [1.165, 1.54) is 0 Å². The van der Waals surface area contributed by atoms with Gasteiger partial charge in [-0.1, -0.05) is 5.16 Å². The summed E-state index contributed by atoms with van der Waals surface area (Å²) in [5.74, 6) is 0.689. The maximum atomic E-state index is 12.3. The first kappa shape index (κ1) is 13.1. The summed E-state index contributed by atoms with van der Waals surface area (Å²) >= 11 is 0. The Balaban J connectivity index is 1.66. The number of nitrogens with one attached hydrogen (secondary N) is 1. The highest BCUT2D eigenvalue weighted by Gasteiger charge is 2.43. The van der Waals surface area contributed by atoms with Crippen LogP contribution in [0.25, 0.3) is 0 Å². The fourth-order valence-electron chi connectivity index (χ4n) is 3.17. The third kappa shape index (κ3) is 2.19. The molecule has 2 saturated heterocycles. The number of piperidine rings is 2. The number of aryl methyl sites for hydroxylation is 1. The zero-order valence-corrected chi connectivity index (χ0v) is 11.6. The Morgan fingerprint density at radius 1 is 1.40 bits per heavy atom. The molecule has 0 aliphatic carbocycles. The molecular formula is C14H19N3O3. The molecule has 2 amide bonds. The van der Waals surface area contributed by atoms with Crippen molar-refractivity contribution in [2.45, 2.75) is 32.6 Å². The number of likely N-dealkylation sites (tertiary alicyclic amines) is 1. The van der Waals surface area contributed by atoms with Gasteiger partial charge in [-0.25, -0.2) is 0 Å². The van der Waals surface area contributed by atoms with E-state index < -0.39 is 0 Å². The van der Waals surface area contributed by atoms with Crippen LogP contribution in [0, 0.1) is 12.3 Å². The Kier molecular flexibility index (Phi) is 3.23. The molecule has 3 heterocycles. The lowest BCUT2D eigenvalue weighted by Crippen LogP contribution is -2.52. The first-order valence-corrected chi connectivity index (χ1v) is 7.12. The molecule has 2 fully saturated rings. The van der Waals surface area contributed by atoms with Crippen LogP contribution in [0.3, 0.4) is 0 Å². The molecule has 1 spiro atoms. The fourth-order valence-corrected chi connectivity index (χ4v) is 3.17. The Morgan fingerprint density at radius 3 is 2.75 bits per heavy atom. The van der Waals surface area contributed by atoms with Gasteiger partial charge < -0.3 is 14.7 Å². The lowest BCUT2D eigenvalue weighted by atomic mass is 9.72. The van der Waals surface area contributed by atoms with Crippen molar-refractivity contribution in [2.75, 3.05) is 19.6 Å². The summed E-state index contributed by atoms with van der Waals surface area (Å²) < 4.78 is 4.94. The van der Waals surface area contributed by atoms with Crippen molar-refractivity contribution >= 4 is 11.8 Å². The van der Waals surface area contributed by atoms with Crippen LogP contribution in [0.15, 0.2) is 10.6 Å². The van der Waals surface area contributed by atoms with Crippen LogP contribution in [0.4, 0.5) is 0 Å². The largest absolute Gasteiger partial charge is 0.361 e. The molecule has 1 aromatic heterocycles. The number of amides is 2. The van der Waals surface area contributed by atoms with E-state index in [-0.39, 0.29) is 17.2 Å². The van der Waals surface area contributed by atoms with Crippen LogP contribution in [0.2, 0.25) is 0 Å². The van der Waals surface area contributed by atoms with Crippen molar-refractivity contribution in [3.63, 3.8) is 0 Å². The van der Waals surface area contributed by atoms with E-state index in [0.717, 1.165) is 32.2 Å². The van der Waals surface area contributed by atoms with Gasteiger partial charge in [0.05, 0.1) is 5.41 Å². The monoisotopic (exact) mass is 277 g/mol. The van der Waals surface area contributed by atoms with Gasteiger partial charge >= 0.3 is 0 Å². The van der Waals surface area contributed by atoms with E-state index >= 15 is 0 Å². The topological polar surface area (TPSA) is 75.4 Å². The number of carbonyl (C=O) groups excluding carboxylic acids is 2. The Bertz CT molecular complexity index is 530. The average molecular weight is 277 g/mol. The Hall–Kier alpha value is -1.85. The standard InChI is InChI=1S/C14H19N3O3/c1-10-9-11(16-20-10)12(18)17-7-4-14(5-8-17)3-2-6-15-13(14)19/h9H,2-8H2,1H3,(H,15,19). The predicted molar refractivity (Wildman–Crippen MR) is 71.1 cm³/mol. The van der Waals surface area contributed by atoms with Gasteiger partial charge in [-0.15, -0.1) is 0 Å². The molecule has 3 rings (SSSR count). The Labute approximate surface area is 117 Å². The lowest BCUT2D eigenvalue weighted by Gasteiger charge is -2.42. The van der Waals surface area contributed by atoms with Crippen molar-refractivity contribution in [3.05, 3.63) is 17.5 Å². The molecule has 6 heteroatoms. The molecule has 0 saturated carbocycles. The first-order valence-electron chi connectivity index (χ1n) is 7.12. The zero-order chi connectivity index (χ0) is 14.2. The van der Waals surface area contributed by atoms with Crippen molar-refractivity contribution < 1.29 is 14.1 Å². The van der Waals surface area contributed by atoms with Gasteiger partial charge in [0, 0.05) is 25.7 Å². The second-order valence-electron chi connectivity index (χ2n) is 5.75. The highest BCUT2D eigenvalue weighted by atomic mass is 16.5. The molecule has 1 aromatic rings. The van der Waals surface area contributed by atoms with Crippen molar-refractivity contribution in [2.24, 2.45) is 5.41 Å². The second-order valence-corrected chi connectivity index (χ2v) is 5.75. The van der Waals surface area contributed by atoms with Crippen LogP contribution in [-0.4, -0.2) is 41.5 Å². The van der Waals surface area contributed by atoms with Gasteiger partial charge in [-0.3, -0.25) is 9.59 Å². The lowest BCUT2D eigenvalue weighted by molar-refractivity contribution is -0.136. The van der Waals surface area contributed by atoms with E-state index in [1.54, 1.807) is 17.9 Å². The molecule has 0 atom stereocenters. The van der Waals surface area contributed by atoms with Crippen molar-refractivity contribution in [3.8, 4) is 0 Å². The number of hydrogen-bond acceptors (Lipinski definition) is 4. The molecule has 2 aliphatic heterocycles. The highest BCUT2D eigenvalue weighted by molar-refractivity contribution is 5.92. The number of carbonyl (C=O) groups is 2. The molecule has 0 aromatic carbocycles. The SMILES string of the molecule is Cc1cc(C(=O)N2CCC3(CCCNC3=O)CC2)no1. The molecule has 108 valence electrons. The second kappa shape index (κ2) is 4.92. The van der Waals surface area contributed by atoms with Gasteiger partial charge in [0.2, 0.25) is 5.91 Å². The summed E-state index contributed by atoms with van der Waals surface area (Å²) in [6, 6.07) is 1.65. The molecule has 1 N–H and O–H groups in total. The van der Waals surface area contributed by atoms with E-state index in [4.69, 9.17) is 4.52 Å². The van der Waals surface area contributed by atoms with Gasteiger partial charge in [0.15, 0.2) is 5.69 Å². The summed E-state index contributed by atoms with van der Waals surface area (Å²) in [4.78, 5) is 26.1. The number of rotatable bonds is 1. The van der Waals surface area contributed by atoms with E-state index in [0.29, 0.717) is 24.5 Å². The summed E-state index contributed by atoms with van der Waals surface area (Å²) in [6.07, 6.45) is 3.44. The van der Waals surface area contributed by atoms with E-state index in [1.807, 2.05) is 0 Å². The summed E-state index contributed by atoms with van der Waals surface area (Å²) in [6.45, 7) is 3.76. The van der Waals surface area contributed by atoms with Crippen LogP contribution in [-0.2, 0) is 4.79 Å². The van der Waals surface area contributed by atoms with Crippen LogP contribution < -0.4 is 5.32 Å². The van der Waals surface area contributed by atoms with Crippen LogP contribution in [0.5, 0.6) is 0 Å². The summed E-state index contributed by atoms with van der Waals surface area (Å²) in [7, 11) is 0. The third-order valence-electron chi connectivity index (χ3n) is 4.45.